The lowest BCUT2D eigenvalue weighted by atomic mass is 10.00. The standard InChI is InChI=1S/C15H20ClN3/c1-11(8-17-3)14-6-4-13(5-7-14)10-19-12(2)15(16)9-18-19/h4-7,9,11,17H,8,10H2,1-3H3. The minimum absolute atomic E-state index is 0.528. The molecule has 0 fully saturated rings. The van der Waals surface area contributed by atoms with Crippen LogP contribution in [0.15, 0.2) is 30.5 Å². The van der Waals surface area contributed by atoms with Gasteiger partial charge in [-0.1, -0.05) is 42.8 Å². The Bertz CT molecular complexity index is 531. The van der Waals surface area contributed by atoms with E-state index in [9.17, 15) is 0 Å². The summed E-state index contributed by atoms with van der Waals surface area (Å²) in [6.45, 7) is 5.97. The molecule has 102 valence electrons. The van der Waals surface area contributed by atoms with Crippen molar-refractivity contribution in [3.05, 3.63) is 52.3 Å². The summed E-state index contributed by atoms with van der Waals surface area (Å²) >= 11 is 6.01. The number of nitrogens with one attached hydrogen (secondary N) is 1. The summed E-state index contributed by atoms with van der Waals surface area (Å²) in [5.74, 6) is 0.528. The lowest BCUT2D eigenvalue weighted by Gasteiger charge is -2.12. The Hall–Kier alpha value is -1.32. The van der Waals surface area contributed by atoms with Crippen LogP contribution in [0.3, 0.4) is 0 Å². The first-order chi connectivity index (χ1) is 9.11. The van der Waals surface area contributed by atoms with Crippen LogP contribution in [-0.2, 0) is 6.54 Å². The number of aromatic nitrogens is 2. The molecule has 1 heterocycles. The number of halogens is 1. The van der Waals surface area contributed by atoms with Crippen LogP contribution >= 0.6 is 11.6 Å². The van der Waals surface area contributed by atoms with Crippen LogP contribution in [0.1, 0.15) is 29.7 Å². The molecule has 1 unspecified atom stereocenters. The third-order valence-electron chi connectivity index (χ3n) is 3.43. The molecule has 1 N–H and O–H groups in total. The summed E-state index contributed by atoms with van der Waals surface area (Å²) < 4.78 is 1.92. The quantitative estimate of drug-likeness (QED) is 0.909. The van der Waals surface area contributed by atoms with E-state index in [1.807, 2.05) is 18.7 Å². The molecule has 0 amide bonds. The molecule has 0 aliphatic heterocycles. The van der Waals surface area contributed by atoms with Gasteiger partial charge >= 0.3 is 0 Å². The van der Waals surface area contributed by atoms with Gasteiger partial charge in [0.05, 0.1) is 23.5 Å². The van der Waals surface area contributed by atoms with Gasteiger partial charge in [-0.2, -0.15) is 5.10 Å². The van der Waals surface area contributed by atoms with E-state index in [-0.39, 0.29) is 0 Å². The lowest BCUT2D eigenvalue weighted by molar-refractivity contribution is 0.661. The summed E-state index contributed by atoms with van der Waals surface area (Å²) in [4.78, 5) is 0. The van der Waals surface area contributed by atoms with Gasteiger partial charge in [-0.15, -0.1) is 0 Å². The Labute approximate surface area is 119 Å². The van der Waals surface area contributed by atoms with Crippen molar-refractivity contribution in [2.45, 2.75) is 26.3 Å². The van der Waals surface area contributed by atoms with Gasteiger partial charge < -0.3 is 5.32 Å². The molecule has 0 aliphatic carbocycles. The first-order valence-corrected chi connectivity index (χ1v) is 6.91. The summed E-state index contributed by atoms with van der Waals surface area (Å²) in [5, 5.41) is 8.20. The summed E-state index contributed by atoms with van der Waals surface area (Å²) in [6.07, 6.45) is 1.69. The minimum Gasteiger partial charge on any atom is -0.319 e. The number of hydrogen-bond donors (Lipinski definition) is 1. The molecule has 1 aromatic heterocycles. The highest BCUT2D eigenvalue weighted by Gasteiger charge is 2.06. The molecule has 3 nitrogen and oxygen atoms in total. The van der Waals surface area contributed by atoms with Crippen molar-refractivity contribution in [1.29, 1.82) is 0 Å². The van der Waals surface area contributed by atoms with E-state index in [1.54, 1.807) is 6.20 Å². The Balaban J connectivity index is 2.08. The summed E-state index contributed by atoms with van der Waals surface area (Å²) in [5.41, 5.74) is 3.60. The third-order valence-corrected chi connectivity index (χ3v) is 3.81. The highest BCUT2D eigenvalue weighted by Crippen LogP contribution is 2.17. The molecule has 2 rings (SSSR count). The van der Waals surface area contributed by atoms with Crippen molar-refractivity contribution in [1.82, 2.24) is 15.1 Å². The third kappa shape index (κ3) is 3.37. The molecular weight excluding hydrogens is 258 g/mol. The second-order valence-electron chi connectivity index (χ2n) is 4.94. The number of rotatable bonds is 5. The number of nitrogens with zero attached hydrogens (tertiary/aromatic N) is 2. The number of benzene rings is 1. The van der Waals surface area contributed by atoms with E-state index in [1.165, 1.54) is 11.1 Å². The zero-order valence-corrected chi connectivity index (χ0v) is 12.4. The van der Waals surface area contributed by atoms with E-state index in [2.05, 4.69) is 41.6 Å². The van der Waals surface area contributed by atoms with Gasteiger partial charge in [0.15, 0.2) is 0 Å². The topological polar surface area (TPSA) is 29.9 Å². The first kappa shape index (κ1) is 14.1. The highest BCUT2D eigenvalue weighted by atomic mass is 35.5. The minimum atomic E-state index is 0.528. The Kier molecular flexibility index (Phi) is 4.61. The largest absolute Gasteiger partial charge is 0.319 e. The predicted octanol–water partition coefficient (Wildman–Crippen LogP) is 3.22. The summed E-state index contributed by atoms with van der Waals surface area (Å²) in [6, 6.07) is 8.71. The molecular formula is C15H20ClN3. The summed E-state index contributed by atoms with van der Waals surface area (Å²) in [7, 11) is 1.98. The van der Waals surface area contributed by atoms with E-state index in [4.69, 9.17) is 11.6 Å². The molecule has 4 heteroatoms. The van der Waals surface area contributed by atoms with Crippen LogP contribution in [0, 0.1) is 6.92 Å². The molecule has 0 bridgehead atoms. The fourth-order valence-corrected chi connectivity index (χ4v) is 2.27. The van der Waals surface area contributed by atoms with Gasteiger partial charge in [0.25, 0.3) is 0 Å². The fourth-order valence-electron chi connectivity index (χ4n) is 2.13. The predicted molar refractivity (Wildman–Crippen MR) is 79.9 cm³/mol. The second-order valence-corrected chi connectivity index (χ2v) is 5.34. The van der Waals surface area contributed by atoms with Gasteiger partial charge in [0.1, 0.15) is 0 Å². The monoisotopic (exact) mass is 277 g/mol. The average Bonchev–Trinajstić information content (AvgIpc) is 2.72. The van der Waals surface area contributed by atoms with E-state index < -0.39 is 0 Å². The zero-order valence-electron chi connectivity index (χ0n) is 11.7. The van der Waals surface area contributed by atoms with E-state index in [0.29, 0.717) is 5.92 Å². The molecule has 0 saturated heterocycles. The number of hydrogen-bond acceptors (Lipinski definition) is 2. The molecule has 1 aromatic carbocycles. The number of likely N-dealkylation sites (N-methyl/N-ethyl adjacent to an activating group) is 1. The van der Waals surface area contributed by atoms with Crippen LogP contribution in [-0.4, -0.2) is 23.4 Å². The SMILES string of the molecule is CNCC(C)c1ccc(Cn2ncc(Cl)c2C)cc1. The van der Waals surface area contributed by atoms with Gasteiger partial charge in [-0.05, 0) is 31.0 Å². The van der Waals surface area contributed by atoms with Crippen molar-refractivity contribution in [2.75, 3.05) is 13.6 Å². The van der Waals surface area contributed by atoms with Gasteiger partial charge in [-0.3, -0.25) is 4.68 Å². The van der Waals surface area contributed by atoms with Crippen molar-refractivity contribution in [2.24, 2.45) is 0 Å². The molecule has 0 aliphatic rings. The molecule has 2 aromatic rings. The zero-order chi connectivity index (χ0) is 13.8. The Morgan fingerprint density at radius 2 is 2.00 bits per heavy atom. The van der Waals surface area contributed by atoms with Crippen LogP contribution < -0.4 is 5.32 Å². The molecule has 0 saturated carbocycles. The van der Waals surface area contributed by atoms with E-state index in [0.717, 1.165) is 23.8 Å². The van der Waals surface area contributed by atoms with Crippen molar-refractivity contribution in [3.63, 3.8) is 0 Å². The van der Waals surface area contributed by atoms with Gasteiger partial charge in [0.2, 0.25) is 0 Å². The van der Waals surface area contributed by atoms with Crippen molar-refractivity contribution in [3.8, 4) is 0 Å². The average molecular weight is 278 g/mol. The van der Waals surface area contributed by atoms with Gasteiger partial charge in [-0.25, -0.2) is 0 Å². The molecule has 19 heavy (non-hydrogen) atoms. The molecule has 1 atom stereocenters. The first-order valence-electron chi connectivity index (χ1n) is 6.53. The molecule has 0 radical (unpaired) electrons. The smallest absolute Gasteiger partial charge is 0.0815 e. The normalized spacial score (nSPS) is 12.6. The maximum Gasteiger partial charge on any atom is 0.0815 e. The maximum atomic E-state index is 6.01. The van der Waals surface area contributed by atoms with Crippen molar-refractivity contribution < 1.29 is 0 Å². The second kappa shape index (κ2) is 6.22. The lowest BCUT2D eigenvalue weighted by Crippen LogP contribution is -2.14. The Morgan fingerprint density at radius 3 is 2.53 bits per heavy atom. The Morgan fingerprint density at radius 1 is 1.32 bits per heavy atom. The van der Waals surface area contributed by atoms with E-state index >= 15 is 0 Å². The van der Waals surface area contributed by atoms with Crippen LogP contribution in [0.2, 0.25) is 5.02 Å². The van der Waals surface area contributed by atoms with Gasteiger partial charge in [0, 0.05) is 6.54 Å². The van der Waals surface area contributed by atoms with Crippen LogP contribution in [0.4, 0.5) is 0 Å². The maximum absolute atomic E-state index is 6.01. The highest BCUT2D eigenvalue weighted by molar-refractivity contribution is 6.31. The van der Waals surface area contributed by atoms with Crippen molar-refractivity contribution >= 4 is 11.6 Å². The van der Waals surface area contributed by atoms with Crippen LogP contribution in [0.5, 0.6) is 0 Å². The fraction of sp³-hybridized carbons (Fsp3) is 0.400. The molecule has 0 spiro atoms. The van der Waals surface area contributed by atoms with Crippen LogP contribution in [0.25, 0.3) is 0 Å².